The van der Waals surface area contributed by atoms with Gasteiger partial charge >= 0.3 is 0 Å². The van der Waals surface area contributed by atoms with Crippen molar-refractivity contribution in [2.75, 3.05) is 13.7 Å². The highest BCUT2D eigenvalue weighted by Crippen LogP contribution is 2.36. The van der Waals surface area contributed by atoms with Gasteiger partial charge in [-0.2, -0.15) is 0 Å². The number of aliphatic imine (C=N–C) groups is 1. The Morgan fingerprint density at radius 3 is 2.46 bits per heavy atom. The summed E-state index contributed by atoms with van der Waals surface area (Å²) in [6.07, 6.45) is -3.54. The van der Waals surface area contributed by atoms with Crippen LogP contribution in [0, 0.1) is 5.92 Å². The largest absolute Gasteiger partial charge is 0.388 e. The van der Waals surface area contributed by atoms with Crippen molar-refractivity contribution in [2.45, 2.75) is 133 Å². The first-order valence-corrected chi connectivity index (χ1v) is 13.5. The van der Waals surface area contributed by atoms with Gasteiger partial charge in [0.15, 0.2) is 12.6 Å². The van der Waals surface area contributed by atoms with Crippen molar-refractivity contribution < 1.29 is 39.4 Å². The number of aliphatic hydroxyl groups is 4. The topological polar surface area (TPSA) is 194 Å². The van der Waals surface area contributed by atoms with E-state index in [0.29, 0.717) is 12.8 Å². The van der Waals surface area contributed by atoms with E-state index in [9.17, 15) is 20.4 Å². The molecule has 0 spiro atoms. The molecule has 12 nitrogen and oxygen atoms in total. The number of likely N-dealkylation sites (N-methyl/N-ethyl adjacent to an activating group) is 1. The lowest BCUT2D eigenvalue weighted by Crippen LogP contribution is -2.67. The van der Waals surface area contributed by atoms with Gasteiger partial charge in [-0.05, 0) is 52.0 Å². The molecule has 7 unspecified atom stereocenters. The first kappa shape index (κ1) is 30.6. The average molecular weight is 533 g/mol. The van der Waals surface area contributed by atoms with Crippen LogP contribution >= 0.6 is 0 Å². The maximum Gasteiger partial charge on any atom is 0.185 e. The van der Waals surface area contributed by atoms with Crippen LogP contribution in [-0.2, 0) is 18.9 Å². The van der Waals surface area contributed by atoms with Crippen LogP contribution in [0.1, 0.15) is 59.8 Å². The Kier molecular flexibility index (Phi) is 10.7. The van der Waals surface area contributed by atoms with E-state index in [1.807, 2.05) is 13.8 Å². The number of ether oxygens (including phenoxy) is 4. The van der Waals surface area contributed by atoms with E-state index in [0.717, 1.165) is 19.3 Å². The van der Waals surface area contributed by atoms with Gasteiger partial charge in [0.2, 0.25) is 0 Å². The third kappa shape index (κ3) is 6.99. The average Bonchev–Trinajstić information content (AvgIpc) is 2.85. The normalized spacial score (nSPS) is 46.5. The van der Waals surface area contributed by atoms with Crippen LogP contribution in [0.5, 0.6) is 0 Å². The second-order valence-electron chi connectivity index (χ2n) is 11.0. The van der Waals surface area contributed by atoms with Gasteiger partial charge in [0.1, 0.15) is 35.9 Å². The van der Waals surface area contributed by atoms with Crippen molar-refractivity contribution in [2.24, 2.45) is 22.4 Å². The summed E-state index contributed by atoms with van der Waals surface area (Å²) in [5.41, 5.74) is 11.0. The minimum Gasteiger partial charge on any atom is -0.388 e. The number of amidine groups is 1. The number of rotatable bonds is 9. The number of aliphatic hydroxyl groups excluding tert-OH is 3. The van der Waals surface area contributed by atoms with E-state index in [-0.39, 0.29) is 30.5 Å². The summed E-state index contributed by atoms with van der Waals surface area (Å²) in [6.45, 7) is 7.24. The van der Waals surface area contributed by atoms with Crippen molar-refractivity contribution in [3.63, 3.8) is 0 Å². The maximum atomic E-state index is 11.5. The van der Waals surface area contributed by atoms with Crippen LogP contribution in [0.3, 0.4) is 0 Å². The van der Waals surface area contributed by atoms with E-state index < -0.39 is 60.8 Å². The lowest BCUT2D eigenvalue weighted by Gasteiger charge is -2.48. The molecule has 13 atom stereocenters. The highest BCUT2D eigenvalue weighted by molar-refractivity contribution is 5.84. The molecule has 2 heterocycles. The number of nitrogens with two attached hydrogens (primary N) is 2. The first-order chi connectivity index (χ1) is 17.4. The molecule has 3 fully saturated rings. The van der Waals surface area contributed by atoms with E-state index in [1.165, 1.54) is 0 Å². The molecule has 0 aromatic heterocycles. The van der Waals surface area contributed by atoms with Crippen LogP contribution in [-0.4, -0.2) is 113 Å². The van der Waals surface area contributed by atoms with Crippen LogP contribution in [0.2, 0.25) is 0 Å². The second kappa shape index (κ2) is 12.9. The van der Waals surface area contributed by atoms with E-state index in [1.54, 1.807) is 20.9 Å². The fraction of sp³-hybridized carbons (Fsp3) is 0.960. The fourth-order valence-electron chi connectivity index (χ4n) is 5.58. The summed E-state index contributed by atoms with van der Waals surface area (Å²) >= 11 is 0. The van der Waals surface area contributed by atoms with E-state index >= 15 is 0 Å². The predicted molar refractivity (Wildman–Crippen MR) is 137 cm³/mol. The Morgan fingerprint density at radius 1 is 1.16 bits per heavy atom. The smallest absolute Gasteiger partial charge is 0.185 e. The van der Waals surface area contributed by atoms with E-state index in [2.05, 4.69) is 10.3 Å². The maximum absolute atomic E-state index is 11.5. The molecule has 1 saturated carbocycles. The van der Waals surface area contributed by atoms with Gasteiger partial charge in [-0.25, -0.2) is 0 Å². The molecular formula is C25H48N4O8. The Morgan fingerprint density at radius 2 is 1.84 bits per heavy atom. The number of nitrogens with one attached hydrogen (secondary N) is 1. The fourth-order valence-corrected chi connectivity index (χ4v) is 5.58. The molecule has 0 aromatic rings. The summed E-state index contributed by atoms with van der Waals surface area (Å²) in [7, 11) is 1.63. The Bertz CT molecular complexity index is 758. The highest BCUT2D eigenvalue weighted by Gasteiger charge is 2.51. The Balaban J connectivity index is 1.85. The lowest BCUT2D eigenvalue weighted by molar-refractivity contribution is -0.309. The molecule has 3 rings (SSSR count). The lowest BCUT2D eigenvalue weighted by atomic mass is 9.80. The molecule has 12 heteroatoms. The molecule has 37 heavy (non-hydrogen) atoms. The standard InChI is InChI=1S/C25H48N4O8/c1-6-13-8-9-14(26)23(35-13)36-19-12(3)10-15(29-22(27)16(30)7-2)20(17(19)31)37-24-18(32)21(28-5)25(4,33)11-34-24/h12-21,23-24,28,30-33H,6-11,26H2,1-5H3,(H2,27,29)/t12-,13+,14?,15+,16?,17?,18?,19?,20?,21+,23+,24+,25?/m0/s1. The predicted octanol–water partition coefficient (Wildman–Crippen LogP) is -1.05. The quantitative estimate of drug-likeness (QED) is 0.141. The minimum atomic E-state index is -1.32. The summed E-state index contributed by atoms with van der Waals surface area (Å²) in [5, 5.41) is 46.2. The second-order valence-corrected chi connectivity index (χ2v) is 11.0. The monoisotopic (exact) mass is 532 g/mol. The first-order valence-electron chi connectivity index (χ1n) is 13.5. The molecule has 3 aliphatic rings. The van der Waals surface area contributed by atoms with Crippen molar-refractivity contribution in [1.82, 2.24) is 5.32 Å². The summed E-state index contributed by atoms with van der Waals surface area (Å²) in [4.78, 5) is 4.51. The van der Waals surface area contributed by atoms with Crippen molar-refractivity contribution in [3.05, 3.63) is 0 Å². The van der Waals surface area contributed by atoms with Crippen LogP contribution < -0.4 is 16.8 Å². The highest BCUT2D eigenvalue weighted by atomic mass is 16.7. The van der Waals surface area contributed by atoms with Gasteiger partial charge in [0.25, 0.3) is 0 Å². The third-order valence-corrected chi connectivity index (χ3v) is 7.95. The molecule has 216 valence electrons. The van der Waals surface area contributed by atoms with Crippen molar-refractivity contribution >= 4 is 5.84 Å². The molecule has 1 aliphatic carbocycles. The SMILES string of the molecule is CCC(O)C(N)=N[C@@H]1C[C@H](C)C(O[C@H]2O[C@H](CC)CCC2N)C(O)C1O[C@H]1OCC(C)(O)[C@H](NC)C1O. The zero-order chi connectivity index (χ0) is 27.5. The number of nitrogens with zero attached hydrogens (tertiary/aromatic N) is 1. The zero-order valence-electron chi connectivity index (χ0n) is 22.7. The number of hydrogen-bond acceptors (Lipinski definition) is 11. The molecule has 9 N–H and O–H groups in total. The zero-order valence-corrected chi connectivity index (χ0v) is 22.7. The summed E-state index contributed by atoms with van der Waals surface area (Å²) < 4.78 is 24.2. The molecule has 0 radical (unpaired) electrons. The number of hydrogen-bond donors (Lipinski definition) is 7. The molecule has 0 bridgehead atoms. The van der Waals surface area contributed by atoms with Gasteiger partial charge in [-0.1, -0.05) is 20.8 Å². The van der Waals surface area contributed by atoms with Gasteiger partial charge in [-0.3, -0.25) is 4.99 Å². The van der Waals surface area contributed by atoms with Crippen molar-refractivity contribution in [1.29, 1.82) is 0 Å². The van der Waals surface area contributed by atoms with Crippen molar-refractivity contribution in [3.8, 4) is 0 Å². The minimum absolute atomic E-state index is 0.0395. The van der Waals surface area contributed by atoms with Gasteiger partial charge < -0.3 is 56.2 Å². The molecular weight excluding hydrogens is 484 g/mol. The van der Waals surface area contributed by atoms with E-state index in [4.69, 9.17) is 30.4 Å². The van der Waals surface area contributed by atoms with Crippen LogP contribution in [0.15, 0.2) is 4.99 Å². The Hall–Kier alpha value is -0.930. The molecule has 0 amide bonds. The van der Waals surface area contributed by atoms with Crippen LogP contribution in [0.4, 0.5) is 0 Å². The molecule has 0 aromatic carbocycles. The van der Waals surface area contributed by atoms with Gasteiger partial charge in [0.05, 0.1) is 36.9 Å². The Labute approximate surface area is 219 Å². The van der Waals surface area contributed by atoms with Crippen LogP contribution in [0.25, 0.3) is 0 Å². The van der Waals surface area contributed by atoms with Gasteiger partial charge in [-0.15, -0.1) is 0 Å². The summed E-state index contributed by atoms with van der Waals surface area (Å²) in [6, 6.07) is -1.69. The third-order valence-electron chi connectivity index (χ3n) is 7.95. The van der Waals surface area contributed by atoms with Gasteiger partial charge in [0, 0.05) is 0 Å². The summed E-state index contributed by atoms with van der Waals surface area (Å²) in [5.74, 6) is -0.125. The molecule has 2 aliphatic heterocycles. The molecule has 2 saturated heterocycles.